The van der Waals surface area contributed by atoms with Gasteiger partial charge in [-0.15, -0.1) is 0 Å². The molecule has 1 atom stereocenters. The number of aromatic nitrogens is 3. The second-order valence-corrected chi connectivity index (χ2v) is 5.74. The van der Waals surface area contributed by atoms with Gasteiger partial charge in [0, 0.05) is 24.0 Å². The summed E-state index contributed by atoms with van der Waals surface area (Å²) in [6, 6.07) is 19.1. The van der Waals surface area contributed by atoms with Crippen molar-refractivity contribution in [3.05, 3.63) is 96.3 Å². The Balaban J connectivity index is 1.96. The van der Waals surface area contributed by atoms with Crippen LogP contribution in [0.25, 0.3) is 10.8 Å². The quantitative estimate of drug-likeness (QED) is 0.562. The molecule has 0 amide bonds. The summed E-state index contributed by atoms with van der Waals surface area (Å²) in [7, 11) is 0. The van der Waals surface area contributed by atoms with E-state index in [2.05, 4.69) is 71.1 Å². The fourth-order valence-corrected chi connectivity index (χ4v) is 3.00. The molecule has 0 N–H and O–H groups in total. The summed E-state index contributed by atoms with van der Waals surface area (Å²) in [6.45, 7) is 2.10. The molecular formula is C20H17N3. The Kier molecular flexibility index (Phi) is 3.39. The highest BCUT2D eigenvalue weighted by atomic mass is 15.1. The molecule has 2 aromatic carbocycles. The van der Waals surface area contributed by atoms with Gasteiger partial charge in [-0.1, -0.05) is 54.1 Å². The predicted molar refractivity (Wildman–Crippen MR) is 92.4 cm³/mol. The number of hydrogen-bond donors (Lipinski definition) is 0. The molecule has 2 heterocycles. The molecule has 0 saturated carbocycles. The Bertz CT molecular complexity index is 919. The lowest BCUT2D eigenvalue weighted by Crippen LogP contribution is -2.12. The van der Waals surface area contributed by atoms with Crippen LogP contribution in [0.4, 0.5) is 0 Å². The van der Waals surface area contributed by atoms with Gasteiger partial charge in [-0.3, -0.25) is 4.98 Å². The third kappa shape index (κ3) is 2.50. The van der Waals surface area contributed by atoms with Gasteiger partial charge < -0.3 is 4.57 Å². The first-order chi connectivity index (χ1) is 11.3. The van der Waals surface area contributed by atoms with Crippen LogP contribution in [-0.2, 0) is 0 Å². The van der Waals surface area contributed by atoms with Crippen LogP contribution in [0.1, 0.15) is 22.9 Å². The van der Waals surface area contributed by atoms with Gasteiger partial charge in [0.2, 0.25) is 0 Å². The van der Waals surface area contributed by atoms with E-state index in [1.165, 1.54) is 21.9 Å². The van der Waals surface area contributed by atoms with Gasteiger partial charge in [0.25, 0.3) is 0 Å². The Morgan fingerprint density at radius 1 is 0.913 bits per heavy atom. The molecule has 3 nitrogen and oxygen atoms in total. The molecule has 0 bridgehead atoms. The third-order valence-corrected chi connectivity index (χ3v) is 4.18. The molecule has 0 saturated heterocycles. The van der Waals surface area contributed by atoms with E-state index in [1.54, 1.807) is 0 Å². The fourth-order valence-electron chi connectivity index (χ4n) is 3.00. The number of pyridine rings is 1. The van der Waals surface area contributed by atoms with Crippen LogP contribution in [0.3, 0.4) is 0 Å². The van der Waals surface area contributed by atoms with E-state index in [0.717, 1.165) is 5.69 Å². The Morgan fingerprint density at radius 2 is 1.74 bits per heavy atom. The minimum absolute atomic E-state index is 0.0178. The average Bonchev–Trinajstić information content (AvgIpc) is 3.11. The number of fused-ring (bicyclic) bond motifs is 1. The highest BCUT2D eigenvalue weighted by Gasteiger charge is 2.19. The maximum Gasteiger partial charge on any atom is 0.102 e. The van der Waals surface area contributed by atoms with Gasteiger partial charge in [-0.2, -0.15) is 0 Å². The first-order valence-corrected chi connectivity index (χ1v) is 7.70. The molecule has 0 spiro atoms. The molecule has 4 rings (SSSR count). The molecule has 0 fully saturated rings. The standard InChI is InChI=1S/C20H17N3/c1-15-6-8-17(9-7-15)20(23-13-12-21-14-23)19-18-5-3-2-4-16(18)10-11-22-19/h2-14,20H,1H3. The monoisotopic (exact) mass is 299 g/mol. The number of benzene rings is 2. The van der Waals surface area contributed by atoms with Gasteiger partial charge in [0.05, 0.1) is 12.0 Å². The molecule has 0 aliphatic rings. The van der Waals surface area contributed by atoms with Crippen molar-refractivity contribution in [1.82, 2.24) is 14.5 Å². The minimum atomic E-state index is 0.0178. The topological polar surface area (TPSA) is 30.7 Å². The van der Waals surface area contributed by atoms with E-state index in [1.807, 2.05) is 24.9 Å². The van der Waals surface area contributed by atoms with Gasteiger partial charge in [-0.05, 0) is 23.9 Å². The molecule has 23 heavy (non-hydrogen) atoms. The van der Waals surface area contributed by atoms with E-state index in [0.29, 0.717) is 0 Å². The molecule has 112 valence electrons. The predicted octanol–water partition coefficient (Wildman–Crippen LogP) is 4.38. The maximum absolute atomic E-state index is 4.71. The number of nitrogens with zero attached hydrogens (tertiary/aromatic N) is 3. The zero-order chi connectivity index (χ0) is 15.6. The average molecular weight is 299 g/mol. The summed E-state index contributed by atoms with van der Waals surface area (Å²) >= 11 is 0. The number of imidazole rings is 1. The largest absolute Gasteiger partial charge is 0.324 e. The smallest absolute Gasteiger partial charge is 0.102 e. The molecule has 3 heteroatoms. The van der Waals surface area contributed by atoms with Crippen LogP contribution in [0.5, 0.6) is 0 Å². The first kappa shape index (κ1) is 13.7. The summed E-state index contributed by atoms with van der Waals surface area (Å²) in [4.78, 5) is 8.94. The Hall–Kier alpha value is -2.94. The van der Waals surface area contributed by atoms with Gasteiger partial charge in [0.1, 0.15) is 6.04 Å². The van der Waals surface area contributed by atoms with Crippen molar-refractivity contribution in [1.29, 1.82) is 0 Å². The van der Waals surface area contributed by atoms with E-state index in [4.69, 9.17) is 4.98 Å². The van der Waals surface area contributed by atoms with Crippen molar-refractivity contribution >= 4 is 10.8 Å². The van der Waals surface area contributed by atoms with Gasteiger partial charge in [0.15, 0.2) is 0 Å². The second-order valence-electron chi connectivity index (χ2n) is 5.74. The number of rotatable bonds is 3. The van der Waals surface area contributed by atoms with Crippen LogP contribution < -0.4 is 0 Å². The van der Waals surface area contributed by atoms with E-state index < -0.39 is 0 Å². The summed E-state index contributed by atoms with van der Waals surface area (Å²) in [5.41, 5.74) is 3.51. The zero-order valence-electron chi connectivity index (χ0n) is 12.9. The summed E-state index contributed by atoms with van der Waals surface area (Å²) < 4.78 is 2.11. The number of hydrogen-bond acceptors (Lipinski definition) is 2. The summed E-state index contributed by atoms with van der Waals surface area (Å²) in [5, 5.41) is 2.38. The van der Waals surface area contributed by atoms with Gasteiger partial charge in [-0.25, -0.2) is 4.98 Å². The van der Waals surface area contributed by atoms with Crippen molar-refractivity contribution in [3.63, 3.8) is 0 Å². The van der Waals surface area contributed by atoms with E-state index in [-0.39, 0.29) is 6.04 Å². The Morgan fingerprint density at radius 3 is 2.52 bits per heavy atom. The molecule has 4 aromatic rings. The fraction of sp³-hybridized carbons (Fsp3) is 0.100. The highest BCUT2D eigenvalue weighted by Crippen LogP contribution is 2.30. The van der Waals surface area contributed by atoms with Crippen LogP contribution >= 0.6 is 0 Å². The maximum atomic E-state index is 4.71. The SMILES string of the molecule is Cc1ccc(C(c2nccc3ccccc23)n2ccnc2)cc1. The van der Waals surface area contributed by atoms with Crippen LogP contribution in [0.15, 0.2) is 79.5 Å². The number of aryl methyl sites for hydroxylation is 1. The summed E-state index contributed by atoms with van der Waals surface area (Å²) in [6.07, 6.45) is 7.55. The zero-order valence-corrected chi connectivity index (χ0v) is 12.9. The molecule has 0 aliphatic carbocycles. The molecule has 0 aliphatic heterocycles. The van der Waals surface area contributed by atoms with Crippen molar-refractivity contribution in [3.8, 4) is 0 Å². The third-order valence-electron chi connectivity index (χ3n) is 4.18. The highest BCUT2D eigenvalue weighted by molar-refractivity contribution is 5.85. The van der Waals surface area contributed by atoms with Crippen molar-refractivity contribution in [2.75, 3.05) is 0 Å². The van der Waals surface area contributed by atoms with Gasteiger partial charge >= 0.3 is 0 Å². The normalized spacial score (nSPS) is 12.4. The minimum Gasteiger partial charge on any atom is -0.324 e. The molecule has 1 unspecified atom stereocenters. The van der Waals surface area contributed by atoms with Crippen LogP contribution in [0.2, 0.25) is 0 Å². The first-order valence-electron chi connectivity index (χ1n) is 7.70. The lowest BCUT2D eigenvalue weighted by atomic mass is 9.97. The van der Waals surface area contributed by atoms with Crippen molar-refractivity contribution in [2.45, 2.75) is 13.0 Å². The molecule has 2 aromatic heterocycles. The summed E-state index contributed by atoms with van der Waals surface area (Å²) in [5.74, 6) is 0. The second kappa shape index (κ2) is 5.69. The van der Waals surface area contributed by atoms with E-state index >= 15 is 0 Å². The van der Waals surface area contributed by atoms with Crippen LogP contribution in [-0.4, -0.2) is 14.5 Å². The van der Waals surface area contributed by atoms with Crippen LogP contribution in [0, 0.1) is 6.92 Å². The van der Waals surface area contributed by atoms with Crippen molar-refractivity contribution < 1.29 is 0 Å². The Labute approximate surface area is 135 Å². The molecule has 0 radical (unpaired) electrons. The van der Waals surface area contributed by atoms with Crippen molar-refractivity contribution in [2.24, 2.45) is 0 Å². The molecular weight excluding hydrogens is 282 g/mol. The van der Waals surface area contributed by atoms with E-state index in [9.17, 15) is 0 Å². The lowest BCUT2D eigenvalue weighted by Gasteiger charge is -2.20. The lowest BCUT2D eigenvalue weighted by molar-refractivity contribution is 0.663.